The first kappa shape index (κ1) is 20.8. The summed E-state index contributed by atoms with van der Waals surface area (Å²) in [5, 5.41) is 0.675. The molecule has 0 spiro atoms. The number of carbonyl (C=O) groups is 1. The summed E-state index contributed by atoms with van der Waals surface area (Å²) in [6.45, 7) is 2.94. The van der Waals surface area contributed by atoms with Gasteiger partial charge in [-0.1, -0.05) is 30.3 Å². The van der Waals surface area contributed by atoms with E-state index >= 15 is 0 Å². The Balaban J connectivity index is 1.54. The summed E-state index contributed by atoms with van der Waals surface area (Å²) < 4.78 is 28.3. The molecule has 1 aromatic carbocycles. The average Bonchev–Trinajstić information content (AvgIpc) is 3.42. The number of benzene rings is 1. The maximum atomic E-state index is 13.4. The summed E-state index contributed by atoms with van der Waals surface area (Å²) >= 11 is 1.34. The largest absolute Gasteiger partial charge is 0.462 e. The molecule has 3 heterocycles. The Hall–Kier alpha value is -2.49. The normalized spacial score (nSPS) is 15.4. The van der Waals surface area contributed by atoms with E-state index in [0.717, 1.165) is 5.56 Å². The van der Waals surface area contributed by atoms with Gasteiger partial charge in [0.15, 0.2) is 10.8 Å². The lowest BCUT2D eigenvalue weighted by molar-refractivity contribution is 0.0649. The van der Waals surface area contributed by atoms with Gasteiger partial charge >= 0.3 is 0 Å². The molecule has 1 aliphatic rings. The molecule has 7 nitrogen and oxygen atoms in total. The minimum atomic E-state index is -2.99. The van der Waals surface area contributed by atoms with Gasteiger partial charge < -0.3 is 9.32 Å². The van der Waals surface area contributed by atoms with Crippen molar-refractivity contribution in [2.24, 2.45) is 0 Å². The van der Waals surface area contributed by atoms with E-state index < -0.39 is 9.84 Å². The van der Waals surface area contributed by atoms with Crippen molar-refractivity contribution in [1.29, 1.82) is 0 Å². The smallest absolute Gasteiger partial charge is 0.266 e. The van der Waals surface area contributed by atoms with E-state index in [1.807, 2.05) is 41.3 Å². The summed E-state index contributed by atoms with van der Waals surface area (Å²) in [5.74, 6) is 0.731. The number of thiazole rings is 1. The number of furan rings is 1. The zero-order chi connectivity index (χ0) is 21.1. The molecule has 0 atom stereocenters. The highest BCUT2D eigenvalue weighted by Crippen LogP contribution is 2.35. The zero-order valence-corrected chi connectivity index (χ0v) is 18.3. The van der Waals surface area contributed by atoms with Crippen molar-refractivity contribution in [3.05, 3.63) is 53.6 Å². The van der Waals surface area contributed by atoms with Crippen LogP contribution in [0.15, 0.2) is 53.1 Å². The molecule has 1 aliphatic heterocycles. The summed E-state index contributed by atoms with van der Waals surface area (Å²) in [6.07, 6.45) is 2.84. The Labute approximate surface area is 179 Å². The SMILES string of the molecule is CS(=O)(=O)CCN1CCN(C(=O)c2sc(-c3ccco3)nc2-c2ccccc2)CC1. The highest BCUT2D eigenvalue weighted by Gasteiger charge is 2.28. The van der Waals surface area contributed by atoms with Crippen LogP contribution in [0.3, 0.4) is 0 Å². The maximum absolute atomic E-state index is 13.4. The molecule has 2 aromatic heterocycles. The molecular weight excluding hydrogens is 422 g/mol. The van der Waals surface area contributed by atoms with Gasteiger partial charge in [-0.2, -0.15) is 0 Å². The number of sulfone groups is 1. The van der Waals surface area contributed by atoms with Crippen molar-refractivity contribution in [2.45, 2.75) is 0 Å². The monoisotopic (exact) mass is 445 g/mol. The van der Waals surface area contributed by atoms with Crippen LogP contribution < -0.4 is 0 Å². The molecule has 0 unspecified atom stereocenters. The number of aromatic nitrogens is 1. The number of hydrogen-bond donors (Lipinski definition) is 0. The van der Waals surface area contributed by atoms with Crippen molar-refractivity contribution >= 4 is 27.1 Å². The zero-order valence-electron chi connectivity index (χ0n) is 16.7. The Kier molecular flexibility index (Phi) is 6.03. The number of hydrogen-bond acceptors (Lipinski definition) is 7. The molecule has 4 rings (SSSR count). The molecule has 1 saturated heterocycles. The summed E-state index contributed by atoms with van der Waals surface area (Å²) in [4.78, 5) is 22.6. The van der Waals surface area contributed by atoms with Crippen molar-refractivity contribution in [2.75, 3.05) is 44.7 Å². The first-order valence-corrected chi connectivity index (χ1v) is 12.6. The van der Waals surface area contributed by atoms with E-state index in [1.54, 1.807) is 12.3 Å². The molecule has 0 N–H and O–H groups in total. The van der Waals surface area contributed by atoms with E-state index in [1.165, 1.54) is 17.6 Å². The van der Waals surface area contributed by atoms with Gasteiger partial charge in [0.1, 0.15) is 14.7 Å². The van der Waals surface area contributed by atoms with Crippen LogP contribution in [0.4, 0.5) is 0 Å². The minimum absolute atomic E-state index is 0.0491. The Morgan fingerprint density at radius 2 is 1.83 bits per heavy atom. The number of nitrogens with zero attached hydrogens (tertiary/aromatic N) is 3. The van der Waals surface area contributed by atoms with E-state index in [-0.39, 0.29) is 11.7 Å². The summed E-state index contributed by atoms with van der Waals surface area (Å²) in [6, 6.07) is 13.3. The Morgan fingerprint density at radius 3 is 2.47 bits per heavy atom. The van der Waals surface area contributed by atoms with E-state index in [2.05, 4.69) is 4.90 Å². The van der Waals surface area contributed by atoms with Gasteiger partial charge in [0.05, 0.1) is 17.7 Å². The number of piperazine rings is 1. The second kappa shape index (κ2) is 8.71. The van der Waals surface area contributed by atoms with Crippen LogP contribution in [0.1, 0.15) is 9.67 Å². The molecule has 1 amide bonds. The molecule has 0 aliphatic carbocycles. The quantitative estimate of drug-likeness (QED) is 0.580. The predicted octanol–water partition coefficient (Wildman–Crippen LogP) is 2.87. The number of carbonyl (C=O) groups excluding carboxylic acids is 1. The second-order valence-corrected chi connectivity index (χ2v) is 10.6. The average molecular weight is 446 g/mol. The highest BCUT2D eigenvalue weighted by atomic mass is 32.2. The van der Waals surface area contributed by atoms with Crippen LogP contribution in [0.25, 0.3) is 22.0 Å². The molecular formula is C21H23N3O4S2. The van der Waals surface area contributed by atoms with E-state index in [9.17, 15) is 13.2 Å². The molecule has 30 heavy (non-hydrogen) atoms. The first-order chi connectivity index (χ1) is 14.4. The van der Waals surface area contributed by atoms with Crippen LogP contribution in [0.2, 0.25) is 0 Å². The van der Waals surface area contributed by atoms with E-state index in [0.29, 0.717) is 54.1 Å². The minimum Gasteiger partial charge on any atom is -0.462 e. The van der Waals surface area contributed by atoms with Gasteiger partial charge in [0.2, 0.25) is 0 Å². The van der Waals surface area contributed by atoms with E-state index in [4.69, 9.17) is 9.40 Å². The van der Waals surface area contributed by atoms with Gasteiger partial charge in [-0.3, -0.25) is 9.69 Å². The van der Waals surface area contributed by atoms with Crippen LogP contribution >= 0.6 is 11.3 Å². The number of rotatable bonds is 6. The first-order valence-electron chi connectivity index (χ1n) is 9.70. The lowest BCUT2D eigenvalue weighted by Crippen LogP contribution is -2.49. The highest BCUT2D eigenvalue weighted by molar-refractivity contribution is 7.90. The van der Waals surface area contributed by atoms with Crippen LogP contribution in [-0.2, 0) is 9.84 Å². The lowest BCUT2D eigenvalue weighted by atomic mass is 10.1. The van der Waals surface area contributed by atoms with Crippen molar-refractivity contribution in [3.8, 4) is 22.0 Å². The third-order valence-electron chi connectivity index (χ3n) is 5.04. The van der Waals surface area contributed by atoms with Gasteiger partial charge in [-0.25, -0.2) is 13.4 Å². The van der Waals surface area contributed by atoms with Crippen molar-refractivity contribution in [1.82, 2.24) is 14.8 Å². The lowest BCUT2D eigenvalue weighted by Gasteiger charge is -2.34. The van der Waals surface area contributed by atoms with Gasteiger partial charge in [0, 0.05) is 44.5 Å². The summed E-state index contributed by atoms with van der Waals surface area (Å²) in [7, 11) is -2.99. The van der Waals surface area contributed by atoms with Crippen molar-refractivity contribution < 1.29 is 17.6 Å². The van der Waals surface area contributed by atoms with Gasteiger partial charge in [-0.15, -0.1) is 11.3 Å². The van der Waals surface area contributed by atoms with Crippen LogP contribution in [-0.4, -0.2) is 73.8 Å². The molecule has 158 valence electrons. The fourth-order valence-corrected chi connectivity index (χ4v) is 4.99. The second-order valence-electron chi connectivity index (χ2n) is 7.30. The number of amides is 1. The van der Waals surface area contributed by atoms with Crippen LogP contribution in [0.5, 0.6) is 0 Å². The maximum Gasteiger partial charge on any atom is 0.266 e. The Bertz CT molecular complexity index is 1100. The molecule has 0 saturated carbocycles. The fourth-order valence-electron chi connectivity index (χ4n) is 3.38. The predicted molar refractivity (Wildman–Crippen MR) is 117 cm³/mol. The molecule has 0 bridgehead atoms. The third kappa shape index (κ3) is 4.80. The molecule has 3 aromatic rings. The van der Waals surface area contributed by atoms with Gasteiger partial charge in [0.25, 0.3) is 5.91 Å². The molecule has 0 radical (unpaired) electrons. The fraction of sp³-hybridized carbons (Fsp3) is 0.333. The Morgan fingerprint density at radius 1 is 1.10 bits per heavy atom. The summed E-state index contributed by atoms with van der Waals surface area (Å²) in [5.41, 5.74) is 1.55. The van der Waals surface area contributed by atoms with Crippen molar-refractivity contribution in [3.63, 3.8) is 0 Å². The van der Waals surface area contributed by atoms with Gasteiger partial charge in [-0.05, 0) is 12.1 Å². The molecule has 9 heteroatoms. The molecule has 1 fully saturated rings. The van der Waals surface area contributed by atoms with Crippen LogP contribution in [0, 0.1) is 0 Å². The topological polar surface area (TPSA) is 83.7 Å². The third-order valence-corrected chi connectivity index (χ3v) is 7.02. The standard InChI is InChI=1S/C21H23N3O4S2/c1-30(26,27)15-13-23-9-11-24(12-10-23)21(25)19-18(16-6-3-2-4-7-16)22-20(29-19)17-8-5-14-28-17/h2-8,14H,9-13,15H2,1H3.